The van der Waals surface area contributed by atoms with Crippen LogP contribution in [0.25, 0.3) is 11.1 Å². The fourth-order valence-corrected chi connectivity index (χ4v) is 2.63. The molecule has 0 saturated carbocycles. The molecule has 1 nitrogen and oxygen atoms in total. The minimum absolute atomic E-state index is 0.0878. The SMILES string of the molecule is CC(C)C(C)OC1c2ccccc2-c2ccccc21. The first-order valence-corrected chi connectivity index (χ1v) is 7.02. The zero-order valence-corrected chi connectivity index (χ0v) is 11.8. The molecule has 0 saturated heterocycles. The van der Waals surface area contributed by atoms with Crippen LogP contribution in [0.2, 0.25) is 0 Å². The van der Waals surface area contributed by atoms with E-state index in [1.54, 1.807) is 0 Å². The van der Waals surface area contributed by atoms with Gasteiger partial charge in [0, 0.05) is 0 Å². The van der Waals surface area contributed by atoms with Gasteiger partial charge < -0.3 is 4.74 Å². The van der Waals surface area contributed by atoms with Crippen LogP contribution in [0.4, 0.5) is 0 Å². The van der Waals surface area contributed by atoms with Crippen molar-refractivity contribution in [2.45, 2.75) is 33.0 Å². The van der Waals surface area contributed by atoms with Gasteiger partial charge >= 0.3 is 0 Å². The summed E-state index contributed by atoms with van der Waals surface area (Å²) in [5.74, 6) is 0.528. The van der Waals surface area contributed by atoms with Gasteiger partial charge in [-0.15, -0.1) is 0 Å². The lowest BCUT2D eigenvalue weighted by Crippen LogP contribution is -2.18. The maximum Gasteiger partial charge on any atom is 0.109 e. The highest BCUT2D eigenvalue weighted by atomic mass is 16.5. The molecule has 1 aliphatic rings. The number of fused-ring (bicyclic) bond motifs is 3. The van der Waals surface area contributed by atoms with Crippen LogP contribution in [-0.2, 0) is 4.74 Å². The largest absolute Gasteiger partial charge is 0.366 e. The van der Waals surface area contributed by atoms with Gasteiger partial charge in [-0.1, -0.05) is 62.4 Å². The van der Waals surface area contributed by atoms with E-state index < -0.39 is 0 Å². The molecule has 98 valence electrons. The molecule has 19 heavy (non-hydrogen) atoms. The first-order valence-electron chi connectivity index (χ1n) is 7.02. The molecule has 0 aliphatic heterocycles. The first-order chi connectivity index (χ1) is 9.18. The van der Waals surface area contributed by atoms with Crippen molar-refractivity contribution in [2.75, 3.05) is 0 Å². The second-order valence-corrected chi connectivity index (χ2v) is 5.64. The number of hydrogen-bond donors (Lipinski definition) is 0. The van der Waals surface area contributed by atoms with Crippen molar-refractivity contribution in [3.05, 3.63) is 59.7 Å². The summed E-state index contributed by atoms with van der Waals surface area (Å²) in [5, 5.41) is 0. The predicted molar refractivity (Wildman–Crippen MR) is 79.1 cm³/mol. The van der Waals surface area contributed by atoms with Crippen molar-refractivity contribution in [3.8, 4) is 11.1 Å². The Morgan fingerprint density at radius 1 is 0.789 bits per heavy atom. The number of benzene rings is 2. The van der Waals surface area contributed by atoms with E-state index >= 15 is 0 Å². The van der Waals surface area contributed by atoms with E-state index in [4.69, 9.17) is 4.74 Å². The van der Waals surface area contributed by atoms with Crippen molar-refractivity contribution < 1.29 is 4.74 Å². The molecule has 0 amide bonds. The molecule has 0 N–H and O–H groups in total. The van der Waals surface area contributed by atoms with Crippen LogP contribution >= 0.6 is 0 Å². The molecule has 1 unspecified atom stereocenters. The van der Waals surface area contributed by atoms with E-state index in [0.29, 0.717) is 5.92 Å². The topological polar surface area (TPSA) is 9.23 Å². The molecule has 2 aromatic rings. The van der Waals surface area contributed by atoms with Gasteiger partial charge in [0.25, 0.3) is 0 Å². The highest BCUT2D eigenvalue weighted by Crippen LogP contribution is 2.45. The zero-order valence-electron chi connectivity index (χ0n) is 11.8. The quantitative estimate of drug-likeness (QED) is 0.761. The molecule has 1 atom stereocenters. The summed E-state index contributed by atoms with van der Waals surface area (Å²) >= 11 is 0. The second kappa shape index (κ2) is 4.82. The van der Waals surface area contributed by atoms with Gasteiger partial charge in [-0.25, -0.2) is 0 Å². The fraction of sp³-hybridized carbons (Fsp3) is 0.333. The number of ether oxygens (including phenoxy) is 1. The monoisotopic (exact) mass is 252 g/mol. The Labute approximate surface area is 115 Å². The maximum atomic E-state index is 6.33. The van der Waals surface area contributed by atoms with E-state index in [2.05, 4.69) is 69.3 Å². The molecule has 2 aromatic carbocycles. The Morgan fingerprint density at radius 3 is 1.74 bits per heavy atom. The molecule has 1 heteroatoms. The van der Waals surface area contributed by atoms with Crippen molar-refractivity contribution in [1.29, 1.82) is 0 Å². The van der Waals surface area contributed by atoms with E-state index in [0.717, 1.165) is 0 Å². The Bertz CT molecular complexity index is 540. The van der Waals surface area contributed by atoms with E-state index in [1.807, 2.05) is 0 Å². The van der Waals surface area contributed by atoms with Crippen molar-refractivity contribution in [3.63, 3.8) is 0 Å². The Morgan fingerprint density at radius 2 is 1.26 bits per heavy atom. The van der Waals surface area contributed by atoms with Gasteiger partial charge in [-0.3, -0.25) is 0 Å². The van der Waals surface area contributed by atoms with Gasteiger partial charge in [0.2, 0.25) is 0 Å². The maximum absolute atomic E-state index is 6.33. The van der Waals surface area contributed by atoms with Crippen molar-refractivity contribution >= 4 is 0 Å². The van der Waals surface area contributed by atoms with Gasteiger partial charge in [-0.2, -0.15) is 0 Å². The fourth-order valence-electron chi connectivity index (χ4n) is 2.63. The molecular formula is C18H20O. The lowest BCUT2D eigenvalue weighted by atomic mass is 10.1. The standard InChI is InChI=1S/C18H20O/c1-12(2)13(3)19-18-16-10-6-4-8-14(16)15-9-5-7-11-17(15)18/h4-13,18H,1-3H3. The summed E-state index contributed by atoms with van der Waals surface area (Å²) in [6.07, 6.45) is 0.342. The van der Waals surface area contributed by atoms with Crippen molar-refractivity contribution in [2.24, 2.45) is 5.92 Å². The predicted octanol–water partition coefficient (Wildman–Crippen LogP) is 4.82. The molecule has 0 spiro atoms. The molecule has 3 rings (SSSR count). The lowest BCUT2D eigenvalue weighted by molar-refractivity contribution is -0.00440. The molecule has 0 bridgehead atoms. The summed E-state index contributed by atoms with van der Waals surface area (Å²) in [6.45, 7) is 6.57. The third-order valence-electron chi connectivity index (χ3n) is 4.07. The summed E-state index contributed by atoms with van der Waals surface area (Å²) in [5.41, 5.74) is 5.24. The van der Waals surface area contributed by atoms with Crippen LogP contribution in [0.15, 0.2) is 48.5 Å². The third-order valence-corrected chi connectivity index (χ3v) is 4.07. The minimum atomic E-state index is 0.0878. The molecule has 1 aliphatic carbocycles. The molecule has 0 fully saturated rings. The highest BCUT2D eigenvalue weighted by molar-refractivity contribution is 5.78. The van der Waals surface area contributed by atoms with Crippen LogP contribution in [0, 0.1) is 5.92 Å². The first kappa shape index (κ1) is 12.4. The lowest BCUT2D eigenvalue weighted by Gasteiger charge is -2.23. The zero-order chi connectivity index (χ0) is 13.4. The molecule has 0 radical (unpaired) electrons. The van der Waals surface area contributed by atoms with E-state index in [1.165, 1.54) is 22.3 Å². The van der Waals surface area contributed by atoms with Gasteiger partial charge in [0.1, 0.15) is 6.10 Å². The Kier molecular flexibility index (Phi) is 3.16. The van der Waals surface area contributed by atoms with Crippen LogP contribution in [-0.4, -0.2) is 6.10 Å². The average Bonchev–Trinajstić information content (AvgIpc) is 2.74. The molecule has 0 aromatic heterocycles. The van der Waals surface area contributed by atoms with Crippen LogP contribution in [0.3, 0.4) is 0 Å². The van der Waals surface area contributed by atoms with Crippen molar-refractivity contribution in [1.82, 2.24) is 0 Å². The van der Waals surface area contributed by atoms with Crippen LogP contribution < -0.4 is 0 Å². The van der Waals surface area contributed by atoms with Crippen LogP contribution in [0.1, 0.15) is 38.0 Å². The average molecular weight is 252 g/mol. The number of rotatable bonds is 3. The Balaban J connectivity index is 2.05. The smallest absolute Gasteiger partial charge is 0.109 e. The summed E-state index contributed by atoms with van der Waals surface area (Å²) < 4.78 is 6.33. The second-order valence-electron chi connectivity index (χ2n) is 5.64. The summed E-state index contributed by atoms with van der Waals surface area (Å²) in [6, 6.07) is 17.2. The van der Waals surface area contributed by atoms with Gasteiger partial charge in [0.15, 0.2) is 0 Å². The van der Waals surface area contributed by atoms with E-state index in [9.17, 15) is 0 Å². The van der Waals surface area contributed by atoms with Crippen LogP contribution in [0.5, 0.6) is 0 Å². The normalized spacial score (nSPS) is 15.4. The highest BCUT2D eigenvalue weighted by Gasteiger charge is 2.30. The molecular weight excluding hydrogens is 232 g/mol. The van der Waals surface area contributed by atoms with Gasteiger partial charge in [-0.05, 0) is 35.1 Å². The van der Waals surface area contributed by atoms with Gasteiger partial charge in [0.05, 0.1) is 6.10 Å². The minimum Gasteiger partial charge on any atom is -0.366 e. The molecule has 0 heterocycles. The summed E-state index contributed by atoms with van der Waals surface area (Å²) in [4.78, 5) is 0. The Hall–Kier alpha value is -1.60. The summed E-state index contributed by atoms with van der Waals surface area (Å²) in [7, 11) is 0. The van der Waals surface area contributed by atoms with E-state index in [-0.39, 0.29) is 12.2 Å². The third kappa shape index (κ3) is 2.08. The number of hydrogen-bond acceptors (Lipinski definition) is 1.